The Balaban J connectivity index is 2.08. The van der Waals surface area contributed by atoms with Crippen molar-refractivity contribution < 1.29 is 9.90 Å². The summed E-state index contributed by atoms with van der Waals surface area (Å²) < 4.78 is 0. The molecule has 98 valence electrons. The first-order chi connectivity index (χ1) is 8.56. The van der Waals surface area contributed by atoms with Crippen LogP contribution in [0.1, 0.15) is 42.6 Å². The van der Waals surface area contributed by atoms with Crippen LogP contribution in [0.25, 0.3) is 0 Å². The number of benzene rings is 1. The molecule has 1 fully saturated rings. The normalized spacial score (nSPS) is 25.0. The number of hydrogen-bond donors (Lipinski definition) is 1. The van der Waals surface area contributed by atoms with Crippen LogP contribution in [0.3, 0.4) is 0 Å². The molecule has 3 heteroatoms. The maximum absolute atomic E-state index is 10.9. The summed E-state index contributed by atoms with van der Waals surface area (Å²) in [5, 5.41) is 9.00. The van der Waals surface area contributed by atoms with Crippen molar-refractivity contribution in [3.63, 3.8) is 0 Å². The average Bonchev–Trinajstić information content (AvgIpc) is 2.34. The van der Waals surface area contributed by atoms with Gasteiger partial charge in [-0.15, -0.1) is 0 Å². The number of hydrogen-bond acceptors (Lipinski definition) is 2. The summed E-state index contributed by atoms with van der Waals surface area (Å²) in [7, 11) is 0. The van der Waals surface area contributed by atoms with Gasteiger partial charge in [0.15, 0.2) is 0 Å². The van der Waals surface area contributed by atoms with E-state index in [-0.39, 0.29) is 0 Å². The molecular weight excluding hydrogens is 226 g/mol. The highest BCUT2D eigenvalue weighted by molar-refractivity contribution is 5.87. The molecular formula is C15H21NO2. The molecule has 3 nitrogen and oxygen atoms in total. The third-order valence-electron chi connectivity index (χ3n) is 3.81. The van der Waals surface area contributed by atoms with E-state index in [1.807, 2.05) is 12.1 Å². The van der Waals surface area contributed by atoms with Crippen LogP contribution < -0.4 is 0 Å². The third kappa shape index (κ3) is 3.10. The van der Waals surface area contributed by atoms with Gasteiger partial charge in [-0.1, -0.05) is 19.1 Å². The molecule has 1 heterocycles. The predicted molar refractivity (Wildman–Crippen MR) is 71.7 cm³/mol. The number of carboxylic acid groups (broad SMARTS) is 1. The van der Waals surface area contributed by atoms with Crippen LogP contribution in [0.5, 0.6) is 0 Å². The zero-order valence-electron chi connectivity index (χ0n) is 11.1. The molecule has 0 radical (unpaired) electrons. The van der Waals surface area contributed by atoms with E-state index in [0.717, 1.165) is 24.6 Å². The van der Waals surface area contributed by atoms with Gasteiger partial charge < -0.3 is 5.11 Å². The summed E-state index contributed by atoms with van der Waals surface area (Å²) in [5.74, 6) is -0.110. The van der Waals surface area contributed by atoms with E-state index in [1.54, 1.807) is 12.1 Å². The van der Waals surface area contributed by atoms with Crippen molar-refractivity contribution in [3.05, 3.63) is 35.4 Å². The lowest BCUT2D eigenvalue weighted by atomic mass is 9.94. The van der Waals surface area contributed by atoms with Crippen LogP contribution in [0, 0.1) is 5.92 Å². The van der Waals surface area contributed by atoms with Crippen molar-refractivity contribution in [1.29, 1.82) is 0 Å². The molecule has 0 spiro atoms. The molecule has 1 N–H and O–H groups in total. The van der Waals surface area contributed by atoms with Crippen LogP contribution in [0.2, 0.25) is 0 Å². The molecule has 0 aliphatic carbocycles. The molecule has 1 aromatic rings. The minimum absolute atomic E-state index is 0.380. The minimum Gasteiger partial charge on any atom is -0.478 e. The fourth-order valence-corrected chi connectivity index (χ4v) is 2.64. The Morgan fingerprint density at radius 2 is 2.17 bits per heavy atom. The molecule has 0 aromatic heterocycles. The summed E-state index contributed by atoms with van der Waals surface area (Å²) in [6.45, 7) is 6.50. The Bertz CT molecular complexity index is 430. The monoisotopic (exact) mass is 247 g/mol. The lowest BCUT2D eigenvalue weighted by Gasteiger charge is -2.36. The van der Waals surface area contributed by atoms with Gasteiger partial charge >= 0.3 is 5.97 Å². The zero-order chi connectivity index (χ0) is 13.1. The summed E-state index contributed by atoms with van der Waals surface area (Å²) >= 11 is 0. The van der Waals surface area contributed by atoms with Gasteiger partial charge in [0.05, 0.1) is 5.56 Å². The Morgan fingerprint density at radius 3 is 2.89 bits per heavy atom. The molecule has 0 amide bonds. The van der Waals surface area contributed by atoms with Gasteiger partial charge in [0.1, 0.15) is 0 Å². The van der Waals surface area contributed by atoms with E-state index >= 15 is 0 Å². The first kappa shape index (κ1) is 13.1. The van der Waals surface area contributed by atoms with E-state index in [1.165, 1.54) is 12.8 Å². The lowest BCUT2D eigenvalue weighted by Crippen LogP contribution is -2.40. The smallest absolute Gasteiger partial charge is 0.335 e. The first-order valence-electron chi connectivity index (χ1n) is 6.62. The fourth-order valence-electron chi connectivity index (χ4n) is 2.64. The molecule has 18 heavy (non-hydrogen) atoms. The predicted octanol–water partition coefficient (Wildman–Crippen LogP) is 3.01. The highest BCUT2D eigenvalue weighted by atomic mass is 16.4. The van der Waals surface area contributed by atoms with Gasteiger partial charge in [0.25, 0.3) is 0 Å². The standard InChI is InChI=1S/C15H21NO2/c1-11-6-7-12(2)16(9-11)10-13-4-3-5-14(8-13)15(17)18/h3-5,8,11-12H,6-7,9-10H2,1-2H3,(H,17,18). The summed E-state index contributed by atoms with van der Waals surface area (Å²) in [5.41, 5.74) is 1.47. The molecule has 1 saturated heterocycles. The topological polar surface area (TPSA) is 40.5 Å². The molecule has 1 aliphatic rings. The SMILES string of the molecule is CC1CCC(C)N(Cc2cccc(C(=O)O)c2)C1. The van der Waals surface area contributed by atoms with Crippen LogP contribution >= 0.6 is 0 Å². The third-order valence-corrected chi connectivity index (χ3v) is 3.81. The van der Waals surface area contributed by atoms with Crippen LogP contribution in [-0.2, 0) is 6.54 Å². The Kier molecular flexibility index (Phi) is 4.02. The molecule has 0 bridgehead atoms. The van der Waals surface area contributed by atoms with Gasteiger partial charge in [-0.2, -0.15) is 0 Å². The lowest BCUT2D eigenvalue weighted by molar-refractivity contribution is 0.0696. The Labute approximate surface area is 108 Å². The average molecular weight is 247 g/mol. The van der Waals surface area contributed by atoms with Gasteiger partial charge in [0, 0.05) is 19.1 Å². The highest BCUT2D eigenvalue weighted by Crippen LogP contribution is 2.23. The number of aromatic carboxylic acids is 1. The van der Waals surface area contributed by atoms with Gasteiger partial charge in [-0.05, 0) is 43.4 Å². The van der Waals surface area contributed by atoms with Crippen molar-refractivity contribution in [2.75, 3.05) is 6.54 Å². The van der Waals surface area contributed by atoms with Crippen molar-refractivity contribution in [2.45, 2.75) is 39.3 Å². The van der Waals surface area contributed by atoms with Crippen molar-refractivity contribution >= 4 is 5.97 Å². The van der Waals surface area contributed by atoms with Gasteiger partial charge in [-0.25, -0.2) is 4.79 Å². The highest BCUT2D eigenvalue weighted by Gasteiger charge is 2.22. The van der Waals surface area contributed by atoms with E-state index in [2.05, 4.69) is 18.7 Å². The largest absolute Gasteiger partial charge is 0.478 e. The number of nitrogens with zero attached hydrogens (tertiary/aromatic N) is 1. The number of piperidine rings is 1. The van der Waals surface area contributed by atoms with Gasteiger partial charge in [0.2, 0.25) is 0 Å². The van der Waals surface area contributed by atoms with E-state index in [4.69, 9.17) is 5.11 Å². The maximum Gasteiger partial charge on any atom is 0.335 e. The molecule has 0 saturated carbocycles. The summed E-state index contributed by atoms with van der Waals surface area (Å²) in [6.07, 6.45) is 2.53. The minimum atomic E-state index is -0.850. The zero-order valence-corrected chi connectivity index (χ0v) is 11.1. The van der Waals surface area contributed by atoms with Crippen molar-refractivity contribution in [3.8, 4) is 0 Å². The van der Waals surface area contributed by atoms with Crippen LogP contribution in [-0.4, -0.2) is 28.6 Å². The Hall–Kier alpha value is -1.35. The molecule has 2 rings (SSSR count). The van der Waals surface area contributed by atoms with Crippen LogP contribution in [0.15, 0.2) is 24.3 Å². The molecule has 1 aliphatic heterocycles. The number of rotatable bonds is 3. The number of carbonyl (C=O) groups is 1. The van der Waals surface area contributed by atoms with Crippen molar-refractivity contribution in [1.82, 2.24) is 4.90 Å². The number of likely N-dealkylation sites (tertiary alicyclic amines) is 1. The summed E-state index contributed by atoms with van der Waals surface area (Å²) in [6, 6.07) is 7.87. The first-order valence-corrected chi connectivity index (χ1v) is 6.62. The van der Waals surface area contributed by atoms with E-state index in [9.17, 15) is 4.79 Å². The maximum atomic E-state index is 10.9. The van der Waals surface area contributed by atoms with E-state index in [0.29, 0.717) is 11.6 Å². The molecule has 2 unspecified atom stereocenters. The quantitative estimate of drug-likeness (QED) is 0.892. The van der Waals surface area contributed by atoms with E-state index < -0.39 is 5.97 Å². The second-order valence-electron chi connectivity index (χ2n) is 5.47. The second-order valence-corrected chi connectivity index (χ2v) is 5.47. The fraction of sp³-hybridized carbons (Fsp3) is 0.533. The molecule has 1 aromatic carbocycles. The number of carboxylic acids is 1. The Morgan fingerprint density at radius 1 is 1.39 bits per heavy atom. The second kappa shape index (κ2) is 5.53. The van der Waals surface area contributed by atoms with Crippen molar-refractivity contribution in [2.24, 2.45) is 5.92 Å². The van der Waals surface area contributed by atoms with Crippen LogP contribution in [0.4, 0.5) is 0 Å². The molecule has 2 atom stereocenters. The summed E-state index contributed by atoms with van der Waals surface area (Å²) in [4.78, 5) is 13.4. The van der Waals surface area contributed by atoms with Gasteiger partial charge in [-0.3, -0.25) is 4.90 Å².